The van der Waals surface area contributed by atoms with E-state index >= 15 is 0 Å². The molecule has 1 aromatic heterocycles. The molecule has 0 bridgehead atoms. The van der Waals surface area contributed by atoms with Crippen LogP contribution in [0.15, 0.2) is 17.4 Å². The number of nitrogens with zero attached hydrogens (tertiary/aromatic N) is 3. The Morgan fingerprint density at radius 2 is 2.10 bits per heavy atom. The van der Waals surface area contributed by atoms with Gasteiger partial charge in [-0.2, -0.15) is 0 Å². The molecule has 2 rings (SSSR count). The van der Waals surface area contributed by atoms with Crippen LogP contribution in [-0.4, -0.2) is 40.8 Å². The van der Waals surface area contributed by atoms with Crippen LogP contribution in [0.1, 0.15) is 33.1 Å². The SMILES string of the molecule is CC(C)NC(=O)CSc1cc(N2CCCCC2)ncn1. The van der Waals surface area contributed by atoms with E-state index in [0.717, 1.165) is 23.9 Å². The Morgan fingerprint density at radius 1 is 1.35 bits per heavy atom. The van der Waals surface area contributed by atoms with Crippen LogP contribution in [0.2, 0.25) is 0 Å². The first-order valence-electron chi connectivity index (χ1n) is 7.14. The minimum atomic E-state index is 0.0446. The van der Waals surface area contributed by atoms with Crippen molar-refractivity contribution >= 4 is 23.5 Å². The van der Waals surface area contributed by atoms with Gasteiger partial charge < -0.3 is 10.2 Å². The Kier molecular flexibility index (Phi) is 5.64. The van der Waals surface area contributed by atoms with Gasteiger partial charge in [0.2, 0.25) is 5.91 Å². The van der Waals surface area contributed by atoms with Crippen LogP contribution in [0.4, 0.5) is 5.82 Å². The maximum Gasteiger partial charge on any atom is 0.230 e. The maximum absolute atomic E-state index is 11.6. The van der Waals surface area contributed by atoms with Gasteiger partial charge in [-0.15, -0.1) is 0 Å². The third-order valence-electron chi connectivity index (χ3n) is 3.11. The van der Waals surface area contributed by atoms with Crippen molar-refractivity contribution in [3.63, 3.8) is 0 Å². The number of rotatable bonds is 5. The van der Waals surface area contributed by atoms with Crippen molar-refractivity contribution < 1.29 is 4.79 Å². The predicted octanol–water partition coefficient (Wildman–Crippen LogP) is 2.08. The number of anilines is 1. The molecule has 1 N–H and O–H groups in total. The molecule has 1 aliphatic heterocycles. The van der Waals surface area contributed by atoms with Gasteiger partial charge in [0.1, 0.15) is 17.2 Å². The Morgan fingerprint density at radius 3 is 2.80 bits per heavy atom. The van der Waals surface area contributed by atoms with Crippen molar-refractivity contribution in [3.8, 4) is 0 Å². The van der Waals surface area contributed by atoms with Crippen LogP contribution in [0.3, 0.4) is 0 Å². The lowest BCUT2D eigenvalue weighted by Crippen LogP contribution is -2.31. The smallest absolute Gasteiger partial charge is 0.230 e. The van der Waals surface area contributed by atoms with Gasteiger partial charge in [0.15, 0.2) is 0 Å². The summed E-state index contributed by atoms with van der Waals surface area (Å²) < 4.78 is 0. The second kappa shape index (κ2) is 7.47. The first-order chi connectivity index (χ1) is 9.65. The van der Waals surface area contributed by atoms with Crippen LogP contribution >= 0.6 is 11.8 Å². The Labute approximate surface area is 124 Å². The predicted molar refractivity (Wildman–Crippen MR) is 82.1 cm³/mol. The summed E-state index contributed by atoms with van der Waals surface area (Å²) in [5.74, 6) is 1.42. The fourth-order valence-corrected chi connectivity index (χ4v) is 2.88. The van der Waals surface area contributed by atoms with Crippen LogP contribution < -0.4 is 10.2 Å². The largest absolute Gasteiger partial charge is 0.356 e. The monoisotopic (exact) mass is 294 g/mol. The number of carbonyl (C=O) groups excluding carboxylic acids is 1. The normalized spacial score (nSPS) is 15.4. The highest BCUT2D eigenvalue weighted by Crippen LogP contribution is 2.22. The topological polar surface area (TPSA) is 58.1 Å². The summed E-state index contributed by atoms with van der Waals surface area (Å²) in [6.45, 7) is 6.05. The molecular weight excluding hydrogens is 272 g/mol. The van der Waals surface area contributed by atoms with Crippen molar-refractivity contribution in [2.45, 2.75) is 44.2 Å². The fraction of sp³-hybridized carbons (Fsp3) is 0.643. The van der Waals surface area contributed by atoms with Crippen molar-refractivity contribution in [1.82, 2.24) is 15.3 Å². The summed E-state index contributed by atoms with van der Waals surface area (Å²) in [5.41, 5.74) is 0. The van der Waals surface area contributed by atoms with E-state index in [9.17, 15) is 4.79 Å². The zero-order valence-electron chi connectivity index (χ0n) is 12.1. The highest BCUT2D eigenvalue weighted by atomic mass is 32.2. The number of amides is 1. The van der Waals surface area contributed by atoms with Crippen LogP contribution in [0, 0.1) is 0 Å². The maximum atomic E-state index is 11.6. The number of piperidine rings is 1. The molecule has 110 valence electrons. The Bertz CT molecular complexity index is 447. The van der Waals surface area contributed by atoms with Gasteiger partial charge >= 0.3 is 0 Å². The van der Waals surface area contributed by atoms with Crippen LogP contribution in [0.25, 0.3) is 0 Å². The third-order valence-corrected chi connectivity index (χ3v) is 4.03. The minimum absolute atomic E-state index is 0.0446. The van der Waals surface area contributed by atoms with Gasteiger partial charge in [0.05, 0.1) is 5.75 Å². The van der Waals surface area contributed by atoms with E-state index < -0.39 is 0 Å². The number of hydrogen-bond donors (Lipinski definition) is 1. The molecular formula is C14H22N4OS. The Hall–Kier alpha value is -1.30. The molecule has 2 heterocycles. The summed E-state index contributed by atoms with van der Waals surface area (Å²) in [5, 5.41) is 3.74. The van der Waals surface area contributed by atoms with Gasteiger partial charge in [-0.25, -0.2) is 9.97 Å². The average Bonchev–Trinajstić information content (AvgIpc) is 2.46. The van der Waals surface area contributed by atoms with Crippen LogP contribution in [0.5, 0.6) is 0 Å². The molecule has 20 heavy (non-hydrogen) atoms. The van der Waals surface area contributed by atoms with Crippen molar-refractivity contribution in [1.29, 1.82) is 0 Å². The number of carbonyl (C=O) groups is 1. The zero-order chi connectivity index (χ0) is 14.4. The first-order valence-corrected chi connectivity index (χ1v) is 8.13. The number of hydrogen-bond acceptors (Lipinski definition) is 5. The van der Waals surface area contributed by atoms with Crippen molar-refractivity contribution in [3.05, 3.63) is 12.4 Å². The molecule has 1 fully saturated rings. The van der Waals surface area contributed by atoms with Crippen molar-refractivity contribution in [2.75, 3.05) is 23.7 Å². The van der Waals surface area contributed by atoms with Gasteiger partial charge in [-0.05, 0) is 33.1 Å². The molecule has 0 saturated carbocycles. The second-order valence-corrected chi connectivity index (χ2v) is 6.27. The van der Waals surface area contributed by atoms with Gasteiger partial charge in [-0.3, -0.25) is 4.79 Å². The molecule has 0 aliphatic carbocycles. The van der Waals surface area contributed by atoms with Gasteiger partial charge in [0.25, 0.3) is 0 Å². The minimum Gasteiger partial charge on any atom is -0.356 e. The molecule has 1 saturated heterocycles. The van der Waals surface area contributed by atoms with Gasteiger partial charge in [-0.1, -0.05) is 11.8 Å². The lowest BCUT2D eigenvalue weighted by atomic mass is 10.1. The van der Waals surface area contributed by atoms with E-state index in [4.69, 9.17) is 0 Å². The summed E-state index contributed by atoms with van der Waals surface area (Å²) in [6.07, 6.45) is 5.34. The molecule has 1 aromatic rings. The number of thioether (sulfide) groups is 1. The molecule has 6 heteroatoms. The number of nitrogens with one attached hydrogen (secondary N) is 1. The van der Waals surface area contributed by atoms with E-state index in [1.54, 1.807) is 6.33 Å². The molecule has 1 amide bonds. The van der Waals surface area contributed by atoms with Crippen molar-refractivity contribution in [2.24, 2.45) is 0 Å². The molecule has 0 atom stereocenters. The van der Waals surface area contributed by atoms with Crippen LogP contribution in [-0.2, 0) is 4.79 Å². The lowest BCUT2D eigenvalue weighted by Gasteiger charge is -2.27. The molecule has 5 nitrogen and oxygen atoms in total. The van der Waals surface area contributed by atoms with E-state index in [1.165, 1.54) is 31.0 Å². The molecule has 0 spiro atoms. The highest BCUT2D eigenvalue weighted by Gasteiger charge is 2.13. The molecule has 0 aromatic carbocycles. The van der Waals surface area contributed by atoms with E-state index in [0.29, 0.717) is 5.75 Å². The summed E-state index contributed by atoms with van der Waals surface area (Å²) in [7, 11) is 0. The molecule has 0 unspecified atom stereocenters. The summed E-state index contributed by atoms with van der Waals surface area (Å²) in [4.78, 5) is 22.5. The first kappa shape index (κ1) is 15.1. The quantitative estimate of drug-likeness (QED) is 0.665. The fourth-order valence-electron chi connectivity index (χ4n) is 2.21. The van der Waals surface area contributed by atoms with Gasteiger partial charge in [0, 0.05) is 25.2 Å². The van der Waals surface area contributed by atoms with E-state index in [1.807, 2.05) is 19.9 Å². The second-order valence-electron chi connectivity index (χ2n) is 5.27. The third kappa shape index (κ3) is 4.67. The summed E-state index contributed by atoms with van der Waals surface area (Å²) >= 11 is 1.46. The Balaban J connectivity index is 1.90. The molecule has 1 aliphatic rings. The zero-order valence-corrected chi connectivity index (χ0v) is 12.9. The molecule has 0 radical (unpaired) electrons. The summed E-state index contributed by atoms with van der Waals surface area (Å²) in [6, 6.07) is 2.16. The standard InChI is InChI=1S/C14H22N4OS/c1-11(2)17-13(19)9-20-14-8-12(15-10-16-14)18-6-4-3-5-7-18/h8,10-11H,3-7,9H2,1-2H3,(H,17,19). The highest BCUT2D eigenvalue weighted by molar-refractivity contribution is 7.99. The lowest BCUT2D eigenvalue weighted by molar-refractivity contribution is -0.119. The van der Waals surface area contributed by atoms with E-state index in [2.05, 4.69) is 20.2 Å². The van der Waals surface area contributed by atoms with E-state index in [-0.39, 0.29) is 11.9 Å². The number of aromatic nitrogens is 2. The average molecular weight is 294 g/mol.